The second-order valence-corrected chi connectivity index (χ2v) is 4.19. The van der Waals surface area contributed by atoms with Crippen LogP contribution in [0.2, 0.25) is 0 Å². The average molecular weight is 183 g/mol. The molecule has 0 aromatic heterocycles. The van der Waals surface area contributed by atoms with E-state index in [1.165, 1.54) is 12.8 Å². The van der Waals surface area contributed by atoms with Crippen LogP contribution < -0.4 is 0 Å². The molecule has 1 rings (SSSR count). The van der Waals surface area contributed by atoms with Gasteiger partial charge < -0.3 is 4.90 Å². The SMILES string of the molecule is CCCCC(=O)N1CCC[C@@H](C)C1. The van der Waals surface area contributed by atoms with Gasteiger partial charge in [-0.2, -0.15) is 0 Å². The fraction of sp³-hybridized carbons (Fsp3) is 0.909. The summed E-state index contributed by atoms with van der Waals surface area (Å²) >= 11 is 0. The molecule has 2 nitrogen and oxygen atoms in total. The summed E-state index contributed by atoms with van der Waals surface area (Å²) in [5.74, 6) is 1.08. The number of nitrogens with zero attached hydrogens (tertiary/aromatic N) is 1. The van der Waals surface area contributed by atoms with E-state index in [2.05, 4.69) is 13.8 Å². The number of piperidine rings is 1. The fourth-order valence-electron chi connectivity index (χ4n) is 1.90. The minimum absolute atomic E-state index is 0.369. The van der Waals surface area contributed by atoms with E-state index in [-0.39, 0.29) is 0 Å². The van der Waals surface area contributed by atoms with Gasteiger partial charge in [0.05, 0.1) is 0 Å². The summed E-state index contributed by atoms with van der Waals surface area (Å²) < 4.78 is 0. The van der Waals surface area contributed by atoms with E-state index in [0.717, 1.165) is 32.4 Å². The molecule has 0 spiro atoms. The van der Waals surface area contributed by atoms with Crippen LogP contribution in [-0.4, -0.2) is 23.9 Å². The Morgan fingerprint density at radius 1 is 1.54 bits per heavy atom. The van der Waals surface area contributed by atoms with Gasteiger partial charge in [-0.1, -0.05) is 20.3 Å². The highest BCUT2D eigenvalue weighted by atomic mass is 16.2. The molecule has 0 unspecified atom stereocenters. The maximum Gasteiger partial charge on any atom is 0.222 e. The lowest BCUT2D eigenvalue weighted by atomic mass is 10.00. The second-order valence-electron chi connectivity index (χ2n) is 4.19. The highest BCUT2D eigenvalue weighted by Crippen LogP contribution is 2.16. The summed E-state index contributed by atoms with van der Waals surface area (Å²) in [5, 5.41) is 0. The summed E-state index contributed by atoms with van der Waals surface area (Å²) in [7, 11) is 0. The molecule has 1 amide bonds. The first kappa shape index (κ1) is 10.6. The number of likely N-dealkylation sites (tertiary alicyclic amines) is 1. The monoisotopic (exact) mass is 183 g/mol. The highest BCUT2D eigenvalue weighted by molar-refractivity contribution is 5.76. The Kier molecular flexibility index (Phi) is 4.26. The Morgan fingerprint density at radius 3 is 2.92 bits per heavy atom. The van der Waals surface area contributed by atoms with E-state index < -0.39 is 0 Å². The molecule has 2 heteroatoms. The van der Waals surface area contributed by atoms with Crippen molar-refractivity contribution >= 4 is 5.91 Å². The molecule has 13 heavy (non-hydrogen) atoms. The van der Waals surface area contributed by atoms with Crippen LogP contribution in [0.15, 0.2) is 0 Å². The van der Waals surface area contributed by atoms with Crippen molar-refractivity contribution in [2.75, 3.05) is 13.1 Å². The molecule has 0 N–H and O–H groups in total. The van der Waals surface area contributed by atoms with E-state index in [0.29, 0.717) is 11.8 Å². The molecule has 0 saturated carbocycles. The first-order valence-corrected chi connectivity index (χ1v) is 5.51. The van der Waals surface area contributed by atoms with E-state index in [1.807, 2.05) is 4.90 Å². The highest BCUT2D eigenvalue weighted by Gasteiger charge is 2.19. The van der Waals surface area contributed by atoms with Crippen LogP contribution in [0, 0.1) is 5.92 Å². The number of hydrogen-bond acceptors (Lipinski definition) is 1. The molecule has 1 aliphatic rings. The van der Waals surface area contributed by atoms with Crippen LogP contribution in [0.3, 0.4) is 0 Å². The molecule has 1 atom stereocenters. The lowest BCUT2D eigenvalue weighted by molar-refractivity contribution is -0.133. The number of amides is 1. The zero-order valence-corrected chi connectivity index (χ0v) is 8.88. The van der Waals surface area contributed by atoms with Gasteiger partial charge in [-0.25, -0.2) is 0 Å². The topological polar surface area (TPSA) is 20.3 Å². The van der Waals surface area contributed by atoms with Gasteiger partial charge in [0.2, 0.25) is 5.91 Å². The molecule has 1 fully saturated rings. The number of carbonyl (C=O) groups is 1. The van der Waals surface area contributed by atoms with Crippen molar-refractivity contribution in [1.29, 1.82) is 0 Å². The van der Waals surface area contributed by atoms with Crippen molar-refractivity contribution in [2.24, 2.45) is 5.92 Å². The van der Waals surface area contributed by atoms with Gasteiger partial charge in [-0.3, -0.25) is 4.79 Å². The number of hydrogen-bond donors (Lipinski definition) is 0. The Balaban J connectivity index is 2.28. The quantitative estimate of drug-likeness (QED) is 0.658. The summed E-state index contributed by atoms with van der Waals surface area (Å²) in [6, 6.07) is 0. The third-order valence-corrected chi connectivity index (χ3v) is 2.75. The van der Waals surface area contributed by atoms with Crippen molar-refractivity contribution in [2.45, 2.75) is 46.0 Å². The first-order valence-electron chi connectivity index (χ1n) is 5.51. The van der Waals surface area contributed by atoms with Crippen molar-refractivity contribution in [1.82, 2.24) is 4.90 Å². The maximum absolute atomic E-state index is 11.6. The van der Waals surface area contributed by atoms with Crippen LogP contribution in [0.5, 0.6) is 0 Å². The van der Waals surface area contributed by atoms with E-state index in [9.17, 15) is 4.79 Å². The fourth-order valence-corrected chi connectivity index (χ4v) is 1.90. The molecule has 0 aliphatic carbocycles. The van der Waals surface area contributed by atoms with Gasteiger partial charge in [0.25, 0.3) is 0 Å². The van der Waals surface area contributed by atoms with Crippen molar-refractivity contribution in [3.8, 4) is 0 Å². The molecular weight excluding hydrogens is 162 g/mol. The summed E-state index contributed by atoms with van der Waals surface area (Å²) in [4.78, 5) is 13.7. The minimum Gasteiger partial charge on any atom is -0.342 e. The molecule has 0 radical (unpaired) electrons. The van der Waals surface area contributed by atoms with Crippen molar-refractivity contribution in [3.63, 3.8) is 0 Å². The Bertz CT molecular complexity index is 167. The smallest absolute Gasteiger partial charge is 0.222 e. The lowest BCUT2D eigenvalue weighted by Gasteiger charge is -2.31. The number of carbonyl (C=O) groups excluding carboxylic acids is 1. The Morgan fingerprint density at radius 2 is 2.31 bits per heavy atom. The molecule has 0 aromatic rings. The normalized spacial score (nSPS) is 23.2. The summed E-state index contributed by atoms with van der Waals surface area (Å²) in [6.07, 6.45) is 5.40. The zero-order chi connectivity index (χ0) is 9.68. The summed E-state index contributed by atoms with van der Waals surface area (Å²) in [5.41, 5.74) is 0. The van der Waals surface area contributed by atoms with E-state index in [4.69, 9.17) is 0 Å². The molecule has 0 aromatic carbocycles. The zero-order valence-electron chi connectivity index (χ0n) is 8.88. The van der Waals surface area contributed by atoms with Crippen molar-refractivity contribution in [3.05, 3.63) is 0 Å². The van der Waals surface area contributed by atoms with Gasteiger partial charge in [0.15, 0.2) is 0 Å². The lowest BCUT2D eigenvalue weighted by Crippen LogP contribution is -2.38. The maximum atomic E-state index is 11.6. The van der Waals surface area contributed by atoms with E-state index in [1.54, 1.807) is 0 Å². The predicted molar refractivity (Wildman–Crippen MR) is 54.5 cm³/mol. The molecule has 1 saturated heterocycles. The van der Waals surface area contributed by atoms with Crippen molar-refractivity contribution < 1.29 is 4.79 Å². The second kappa shape index (κ2) is 5.25. The van der Waals surface area contributed by atoms with Crippen LogP contribution in [0.1, 0.15) is 46.0 Å². The third kappa shape index (κ3) is 3.37. The van der Waals surface area contributed by atoms with Gasteiger partial charge in [-0.05, 0) is 25.2 Å². The first-order chi connectivity index (χ1) is 6.24. The molecule has 0 bridgehead atoms. The number of rotatable bonds is 3. The third-order valence-electron chi connectivity index (χ3n) is 2.75. The largest absolute Gasteiger partial charge is 0.342 e. The van der Waals surface area contributed by atoms with Gasteiger partial charge in [0, 0.05) is 19.5 Å². The standard InChI is InChI=1S/C11H21NO/c1-3-4-7-11(13)12-8-5-6-10(2)9-12/h10H,3-9H2,1-2H3/t10-/m1/s1. The molecule has 1 heterocycles. The average Bonchev–Trinajstić information content (AvgIpc) is 2.14. The molecular formula is C11H21NO. The predicted octanol–water partition coefficient (Wildman–Crippen LogP) is 2.44. The van der Waals surface area contributed by atoms with Crippen LogP contribution >= 0.6 is 0 Å². The molecule has 76 valence electrons. The van der Waals surface area contributed by atoms with Gasteiger partial charge in [-0.15, -0.1) is 0 Å². The van der Waals surface area contributed by atoms with Crippen LogP contribution in [-0.2, 0) is 4.79 Å². The minimum atomic E-state index is 0.369. The van der Waals surface area contributed by atoms with Crippen LogP contribution in [0.4, 0.5) is 0 Å². The molecule has 1 aliphatic heterocycles. The van der Waals surface area contributed by atoms with E-state index >= 15 is 0 Å². The Hall–Kier alpha value is -0.530. The summed E-state index contributed by atoms with van der Waals surface area (Å²) in [6.45, 7) is 6.35. The number of unbranched alkanes of at least 4 members (excludes halogenated alkanes) is 1. The Labute approximate surface area is 81.3 Å². The van der Waals surface area contributed by atoms with Crippen LogP contribution in [0.25, 0.3) is 0 Å². The van der Waals surface area contributed by atoms with Gasteiger partial charge in [0.1, 0.15) is 0 Å². The van der Waals surface area contributed by atoms with Gasteiger partial charge >= 0.3 is 0 Å².